The van der Waals surface area contributed by atoms with Crippen LogP contribution in [0, 0.1) is 0 Å². The Morgan fingerprint density at radius 2 is 2.43 bits per heavy atom. The van der Waals surface area contributed by atoms with E-state index in [4.69, 9.17) is 4.74 Å². The van der Waals surface area contributed by atoms with Crippen molar-refractivity contribution in [1.29, 1.82) is 0 Å². The van der Waals surface area contributed by atoms with Crippen LogP contribution in [0.4, 0.5) is 0 Å². The molecule has 0 unspecified atom stereocenters. The summed E-state index contributed by atoms with van der Waals surface area (Å²) in [6.07, 6.45) is 1.32. The number of morpholine rings is 1. The van der Waals surface area contributed by atoms with Gasteiger partial charge in [0.2, 0.25) is 0 Å². The molecular weight excluding hydrogens is 242 g/mol. The molecule has 0 bridgehead atoms. The van der Waals surface area contributed by atoms with Gasteiger partial charge >= 0.3 is 0 Å². The van der Waals surface area contributed by atoms with Crippen molar-refractivity contribution < 1.29 is 4.74 Å². The van der Waals surface area contributed by atoms with Gasteiger partial charge < -0.3 is 10.1 Å². The average Bonchev–Trinajstić information content (AvgIpc) is 2.19. The van der Waals surface area contributed by atoms with Gasteiger partial charge in [-0.15, -0.1) is 0 Å². The molecule has 2 rings (SSSR count). The van der Waals surface area contributed by atoms with Crippen LogP contribution in [0.3, 0.4) is 0 Å². The van der Waals surface area contributed by atoms with Crippen molar-refractivity contribution in [3.05, 3.63) is 34.3 Å². The van der Waals surface area contributed by atoms with Crippen molar-refractivity contribution in [2.24, 2.45) is 0 Å². The van der Waals surface area contributed by atoms with Gasteiger partial charge in [0, 0.05) is 17.6 Å². The van der Waals surface area contributed by atoms with Gasteiger partial charge in [-0.25, -0.2) is 0 Å². The third-order valence-corrected chi connectivity index (χ3v) is 2.85. The lowest BCUT2D eigenvalue weighted by Crippen LogP contribution is -2.39. The quantitative estimate of drug-likeness (QED) is 0.873. The SMILES string of the molecule is Brc1cccc(C[C@H]2CNCCO2)c1. The third kappa shape index (κ3) is 2.80. The Balaban J connectivity index is 1.95. The molecule has 0 aliphatic carbocycles. The minimum atomic E-state index is 0.332. The molecule has 1 aromatic rings. The van der Waals surface area contributed by atoms with Gasteiger partial charge in [0.15, 0.2) is 0 Å². The highest BCUT2D eigenvalue weighted by atomic mass is 79.9. The molecule has 1 atom stereocenters. The highest BCUT2D eigenvalue weighted by Crippen LogP contribution is 2.14. The van der Waals surface area contributed by atoms with Gasteiger partial charge in [0.25, 0.3) is 0 Å². The molecule has 1 saturated heterocycles. The summed E-state index contributed by atoms with van der Waals surface area (Å²) in [7, 11) is 0. The first kappa shape index (κ1) is 10.1. The van der Waals surface area contributed by atoms with E-state index < -0.39 is 0 Å². The Morgan fingerprint density at radius 3 is 3.14 bits per heavy atom. The molecule has 14 heavy (non-hydrogen) atoms. The van der Waals surface area contributed by atoms with Crippen LogP contribution in [0.1, 0.15) is 5.56 Å². The topological polar surface area (TPSA) is 21.3 Å². The number of ether oxygens (including phenoxy) is 1. The number of hydrogen-bond acceptors (Lipinski definition) is 2. The molecular formula is C11H14BrNO. The zero-order valence-corrected chi connectivity index (χ0v) is 9.59. The minimum Gasteiger partial charge on any atom is -0.375 e. The molecule has 0 saturated carbocycles. The maximum Gasteiger partial charge on any atom is 0.0740 e. The molecule has 0 spiro atoms. The minimum absolute atomic E-state index is 0.332. The predicted molar refractivity (Wildman–Crippen MR) is 60.5 cm³/mol. The first-order chi connectivity index (χ1) is 6.84. The number of hydrogen-bond donors (Lipinski definition) is 1. The first-order valence-electron chi connectivity index (χ1n) is 4.91. The molecule has 0 amide bonds. The van der Waals surface area contributed by atoms with Gasteiger partial charge in [0.05, 0.1) is 12.7 Å². The van der Waals surface area contributed by atoms with Crippen molar-refractivity contribution in [1.82, 2.24) is 5.32 Å². The second-order valence-corrected chi connectivity index (χ2v) is 4.45. The highest BCUT2D eigenvalue weighted by Gasteiger charge is 2.13. The zero-order valence-electron chi connectivity index (χ0n) is 8.00. The van der Waals surface area contributed by atoms with Crippen LogP contribution in [-0.4, -0.2) is 25.8 Å². The normalized spacial score (nSPS) is 22.2. The van der Waals surface area contributed by atoms with Crippen LogP contribution in [0.5, 0.6) is 0 Å². The van der Waals surface area contributed by atoms with Crippen LogP contribution in [-0.2, 0) is 11.2 Å². The smallest absolute Gasteiger partial charge is 0.0740 e. The van der Waals surface area contributed by atoms with E-state index in [0.717, 1.165) is 30.6 Å². The lowest BCUT2D eigenvalue weighted by atomic mass is 10.1. The fourth-order valence-electron chi connectivity index (χ4n) is 1.68. The summed E-state index contributed by atoms with van der Waals surface area (Å²) in [6.45, 7) is 2.78. The average molecular weight is 256 g/mol. The van der Waals surface area contributed by atoms with E-state index in [9.17, 15) is 0 Å². The molecule has 0 radical (unpaired) electrons. The van der Waals surface area contributed by atoms with E-state index in [1.807, 2.05) is 6.07 Å². The molecule has 76 valence electrons. The van der Waals surface area contributed by atoms with Crippen LogP contribution < -0.4 is 5.32 Å². The van der Waals surface area contributed by atoms with Crippen molar-refractivity contribution in [3.63, 3.8) is 0 Å². The van der Waals surface area contributed by atoms with Gasteiger partial charge in [-0.2, -0.15) is 0 Å². The van der Waals surface area contributed by atoms with Gasteiger partial charge in [0.1, 0.15) is 0 Å². The maximum absolute atomic E-state index is 5.64. The second-order valence-electron chi connectivity index (χ2n) is 3.53. The summed E-state index contributed by atoms with van der Waals surface area (Å²) in [6, 6.07) is 8.40. The van der Waals surface area contributed by atoms with Crippen LogP contribution in [0.25, 0.3) is 0 Å². The van der Waals surface area contributed by atoms with E-state index in [1.165, 1.54) is 5.56 Å². The largest absolute Gasteiger partial charge is 0.375 e. The Hall–Kier alpha value is -0.380. The molecule has 1 aliphatic heterocycles. The van der Waals surface area contributed by atoms with E-state index in [1.54, 1.807) is 0 Å². The predicted octanol–water partition coefficient (Wildman–Crippen LogP) is 1.98. The van der Waals surface area contributed by atoms with Crippen LogP contribution in [0.15, 0.2) is 28.7 Å². The second kappa shape index (κ2) is 4.91. The molecule has 1 heterocycles. The summed E-state index contributed by atoms with van der Waals surface area (Å²) in [5, 5.41) is 3.33. The number of nitrogens with one attached hydrogen (secondary N) is 1. The van der Waals surface area contributed by atoms with Gasteiger partial charge in [-0.3, -0.25) is 0 Å². The lowest BCUT2D eigenvalue weighted by Gasteiger charge is -2.23. The van der Waals surface area contributed by atoms with Crippen LogP contribution >= 0.6 is 15.9 Å². The summed E-state index contributed by atoms with van der Waals surface area (Å²) in [4.78, 5) is 0. The van der Waals surface area contributed by atoms with E-state index in [-0.39, 0.29) is 0 Å². The number of benzene rings is 1. The summed E-state index contributed by atoms with van der Waals surface area (Å²) < 4.78 is 6.78. The van der Waals surface area contributed by atoms with E-state index >= 15 is 0 Å². The first-order valence-corrected chi connectivity index (χ1v) is 5.70. The van der Waals surface area contributed by atoms with Crippen LogP contribution in [0.2, 0.25) is 0 Å². The fraction of sp³-hybridized carbons (Fsp3) is 0.455. The third-order valence-electron chi connectivity index (χ3n) is 2.36. The summed E-state index contributed by atoms with van der Waals surface area (Å²) in [5.41, 5.74) is 1.33. The van der Waals surface area contributed by atoms with E-state index in [2.05, 4.69) is 39.4 Å². The standard InChI is InChI=1S/C11H14BrNO/c12-10-3-1-2-9(6-10)7-11-8-13-4-5-14-11/h1-3,6,11,13H,4-5,7-8H2/t11-/m0/s1. The molecule has 3 heteroatoms. The van der Waals surface area contributed by atoms with Crippen molar-refractivity contribution >= 4 is 15.9 Å². The maximum atomic E-state index is 5.64. The lowest BCUT2D eigenvalue weighted by molar-refractivity contribution is 0.0292. The van der Waals surface area contributed by atoms with Gasteiger partial charge in [-0.1, -0.05) is 28.1 Å². The van der Waals surface area contributed by atoms with Crippen molar-refractivity contribution in [3.8, 4) is 0 Å². The Morgan fingerprint density at radius 1 is 1.50 bits per heavy atom. The number of halogens is 1. The van der Waals surface area contributed by atoms with Crippen molar-refractivity contribution in [2.45, 2.75) is 12.5 Å². The van der Waals surface area contributed by atoms with Crippen molar-refractivity contribution in [2.75, 3.05) is 19.7 Å². The Bertz CT molecular complexity index is 297. The monoisotopic (exact) mass is 255 g/mol. The van der Waals surface area contributed by atoms with E-state index in [0.29, 0.717) is 6.10 Å². The molecule has 1 fully saturated rings. The summed E-state index contributed by atoms with van der Waals surface area (Å²) >= 11 is 3.47. The summed E-state index contributed by atoms with van der Waals surface area (Å²) in [5.74, 6) is 0. The fourth-order valence-corrected chi connectivity index (χ4v) is 2.12. The molecule has 1 aliphatic rings. The Labute approximate surface area is 92.8 Å². The molecule has 0 aromatic heterocycles. The Kier molecular flexibility index (Phi) is 3.56. The van der Waals surface area contributed by atoms with Gasteiger partial charge in [-0.05, 0) is 24.1 Å². The molecule has 1 aromatic carbocycles. The molecule has 2 nitrogen and oxygen atoms in total. The number of rotatable bonds is 2. The zero-order chi connectivity index (χ0) is 9.80. The molecule has 1 N–H and O–H groups in total. The highest BCUT2D eigenvalue weighted by molar-refractivity contribution is 9.10.